The second kappa shape index (κ2) is 12.8. The van der Waals surface area contributed by atoms with Crippen molar-refractivity contribution in [1.82, 2.24) is 0 Å². The van der Waals surface area contributed by atoms with Gasteiger partial charge in [-0.3, -0.25) is 0 Å². The van der Waals surface area contributed by atoms with Crippen molar-refractivity contribution in [2.45, 2.75) is 61.7 Å². The van der Waals surface area contributed by atoms with Gasteiger partial charge in [-0.05, 0) is 54.8 Å². The first-order chi connectivity index (χ1) is 17.6. The SMILES string of the molecule is COc1ccc(CO[C@@H]2[C@@H](OCc3ccccc3)[C@H](N=[N+]=[N-])[C@@H](C)O[C@H]2Sc2ccc(C)cc2)cc1. The number of azide groups is 1. The maximum atomic E-state index is 9.30. The van der Waals surface area contributed by atoms with E-state index in [-0.39, 0.29) is 11.5 Å². The Morgan fingerprint density at radius 2 is 1.53 bits per heavy atom. The summed E-state index contributed by atoms with van der Waals surface area (Å²) in [5.74, 6) is 0.786. The van der Waals surface area contributed by atoms with Crippen LogP contribution in [0.2, 0.25) is 0 Å². The third-order valence-corrected chi connectivity index (χ3v) is 7.26. The van der Waals surface area contributed by atoms with Crippen LogP contribution >= 0.6 is 11.8 Å². The fourth-order valence-corrected chi connectivity index (χ4v) is 5.26. The van der Waals surface area contributed by atoms with Gasteiger partial charge >= 0.3 is 0 Å². The number of thioether (sulfide) groups is 1. The molecule has 1 aliphatic rings. The van der Waals surface area contributed by atoms with Gasteiger partial charge in [0.15, 0.2) is 0 Å². The molecule has 8 heteroatoms. The van der Waals surface area contributed by atoms with Crippen LogP contribution in [0, 0.1) is 6.92 Å². The predicted molar refractivity (Wildman–Crippen MR) is 141 cm³/mol. The van der Waals surface area contributed by atoms with E-state index in [1.165, 1.54) is 5.56 Å². The van der Waals surface area contributed by atoms with Gasteiger partial charge < -0.3 is 18.9 Å². The van der Waals surface area contributed by atoms with Crippen molar-refractivity contribution in [2.75, 3.05) is 7.11 Å². The molecule has 0 unspecified atom stereocenters. The maximum absolute atomic E-state index is 9.30. The molecule has 0 amide bonds. The van der Waals surface area contributed by atoms with Gasteiger partial charge in [-0.2, -0.15) is 0 Å². The van der Waals surface area contributed by atoms with Gasteiger partial charge in [-0.15, -0.1) is 0 Å². The lowest BCUT2D eigenvalue weighted by molar-refractivity contribution is -0.187. The van der Waals surface area contributed by atoms with Crippen LogP contribution in [0.1, 0.15) is 23.6 Å². The van der Waals surface area contributed by atoms with Crippen molar-refractivity contribution in [3.63, 3.8) is 0 Å². The van der Waals surface area contributed by atoms with Crippen molar-refractivity contribution in [1.29, 1.82) is 0 Å². The molecule has 1 fully saturated rings. The average Bonchev–Trinajstić information content (AvgIpc) is 2.91. The zero-order valence-electron chi connectivity index (χ0n) is 20.7. The van der Waals surface area contributed by atoms with Gasteiger partial charge in [0.1, 0.15) is 17.3 Å². The number of benzene rings is 3. The van der Waals surface area contributed by atoms with Crippen LogP contribution in [-0.2, 0) is 27.4 Å². The summed E-state index contributed by atoms with van der Waals surface area (Å²) in [5.41, 5.74) is 12.2. The second-order valence-electron chi connectivity index (χ2n) is 8.72. The predicted octanol–water partition coefficient (Wildman–Crippen LogP) is 6.69. The number of aryl methyl sites for hydroxylation is 1. The van der Waals surface area contributed by atoms with Gasteiger partial charge in [-0.25, -0.2) is 0 Å². The highest BCUT2D eigenvalue weighted by molar-refractivity contribution is 7.99. The first kappa shape index (κ1) is 26.1. The van der Waals surface area contributed by atoms with Crippen molar-refractivity contribution >= 4 is 11.8 Å². The largest absolute Gasteiger partial charge is 0.497 e. The first-order valence-corrected chi connectivity index (χ1v) is 12.8. The molecule has 0 aromatic heterocycles. The number of hydrogen-bond donors (Lipinski definition) is 0. The topological polar surface area (TPSA) is 85.7 Å². The fourth-order valence-electron chi connectivity index (χ4n) is 4.10. The Morgan fingerprint density at radius 3 is 2.17 bits per heavy atom. The molecule has 1 aliphatic heterocycles. The summed E-state index contributed by atoms with van der Waals surface area (Å²) in [7, 11) is 1.64. The van der Waals surface area contributed by atoms with Gasteiger partial charge in [0.25, 0.3) is 0 Å². The standard InChI is InChI=1S/C28H31N3O4S/c1-19-9-15-24(16-10-19)36-28-27(34-18-22-11-13-23(32-3)14-12-22)26(25(30-31-29)20(2)35-28)33-17-21-7-5-4-6-8-21/h4-16,20,25-28H,17-18H2,1-3H3/t20-,25-,26+,27-,28+/m1/s1. The molecule has 3 aromatic carbocycles. The fraction of sp³-hybridized carbons (Fsp3) is 0.357. The van der Waals surface area contributed by atoms with E-state index < -0.39 is 18.2 Å². The van der Waals surface area contributed by atoms with Gasteiger partial charge in [0.05, 0.1) is 38.6 Å². The molecule has 1 heterocycles. The number of ether oxygens (including phenoxy) is 4. The Balaban J connectivity index is 1.60. The third kappa shape index (κ3) is 6.81. The van der Waals surface area contributed by atoms with Crippen molar-refractivity contribution in [3.8, 4) is 5.75 Å². The van der Waals surface area contributed by atoms with E-state index in [1.807, 2.05) is 61.5 Å². The highest BCUT2D eigenvalue weighted by atomic mass is 32.2. The molecule has 36 heavy (non-hydrogen) atoms. The molecule has 4 rings (SSSR count). The molecule has 0 spiro atoms. The Kier molecular flexibility index (Phi) is 9.28. The normalized spacial score (nSPS) is 23.6. The molecule has 1 saturated heterocycles. The lowest BCUT2D eigenvalue weighted by atomic mass is 9.98. The van der Waals surface area contributed by atoms with E-state index in [9.17, 15) is 5.53 Å². The van der Waals surface area contributed by atoms with E-state index >= 15 is 0 Å². The second-order valence-corrected chi connectivity index (χ2v) is 9.89. The zero-order valence-corrected chi connectivity index (χ0v) is 21.5. The van der Waals surface area contributed by atoms with Crippen LogP contribution in [0.25, 0.3) is 10.4 Å². The molecule has 3 aromatic rings. The van der Waals surface area contributed by atoms with E-state index in [2.05, 4.69) is 41.2 Å². The quantitative estimate of drug-likeness (QED) is 0.174. The summed E-state index contributed by atoms with van der Waals surface area (Å²) >= 11 is 1.59. The molecule has 0 aliphatic carbocycles. The molecule has 5 atom stereocenters. The first-order valence-electron chi connectivity index (χ1n) is 11.9. The molecule has 0 N–H and O–H groups in total. The molecule has 0 bridgehead atoms. The van der Waals surface area contributed by atoms with Gasteiger partial charge in [0, 0.05) is 9.81 Å². The Labute approximate surface area is 216 Å². The smallest absolute Gasteiger partial charge is 0.136 e. The monoisotopic (exact) mass is 505 g/mol. The third-order valence-electron chi connectivity index (χ3n) is 6.10. The Morgan fingerprint density at radius 1 is 0.889 bits per heavy atom. The van der Waals surface area contributed by atoms with Crippen LogP contribution in [0.5, 0.6) is 5.75 Å². The molecule has 0 saturated carbocycles. The van der Waals surface area contributed by atoms with E-state index in [0.29, 0.717) is 13.2 Å². The highest BCUT2D eigenvalue weighted by Crippen LogP contribution is 2.38. The van der Waals surface area contributed by atoms with E-state index in [0.717, 1.165) is 21.8 Å². The molecular formula is C28H31N3O4S. The summed E-state index contributed by atoms with van der Waals surface area (Å²) in [6.45, 7) is 4.71. The average molecular weight is 506 g/mol. The Bertz CT molecular complexity index is 1140. The van der Waals surface area contributed by atoms with Crippen molar-refractivity contribution < 1.29 is 18.9 Å². The molecular weight excluding hydrogens is 474 g/mol. The van der Waals surface area contributed by atoms with Crippen molar-refractivity contribution in [3.05, 3.63) is 106 Å². The maximum Gasteiger partial charge on any atom is 0.136 e. The number of rotatable bonds is 10. The number of methoxy groups -OCH3 is 1. The molecule has 188 valence electrons. The highest BCUT2D eigenvalue weighted by Gasteiger charge is 2.46. The van der Waals surface area contributed by atoms with Crippen LogP contribution in [0.15, 0.2) is 88.9 Å². The minimum absolute atomic E-state index is 0.342. The minimum atomic E-state index is -0.533. The van der Waals surface area contributed by atoms with Crippen LogP contribution in [-0.4, -0.2) is 36.9 Å². The molecule has 7 nitrogen and oxygen atoms in total. The lowest BCUT2D eigenvalue weighted by Gasteiger charge is -2.43. The number of nitrogens with zero attached hydrogens (tertiary/aromatic N) is 3. The Hall–Kier alpha value is -3.00. The van der Waals surface area contributed by atoms with Crippen LogP contribution in [0.3, 0.4) is 0 Å². The van der Waals surface area contributed by atoms with Crippen LogP contribution < -0.4 is 4.74 Å². The summed E-state index contributed by atoms with van der Waals surface area (Å²) in [5, 5.41) is 4.06. The van der Waals surface area contributed by atoms with Crippen LogP contribution in [0.4, 0.5) is 0 Å². The summed E-state index contributed by atoms with van der Waals surface area (Å²) in [6.07, 6.45) is -1.31. The van der Waals surface area contributed by atoms with E-state index in [4.69, 9.17) is 18.9 Å². The lowest BCUT2D eigenvalue weighted by Crippen LogP contribution is -2.56. The minimum Gasteiger partial charge on any atom is -0.497 e. The van der Waals surface area contributed by atoms with E-state index in [1.54, 1.807) is 18.9 Å². The van der Waals surface area contributed by atoms with Gasteiger partial charge in [0.2, 0.25) is 0 Å². The number of hydrogen-bond acceptors (Lipinski definition) is 6. The summed E-state index contributed by atoms with van der Waals surface area (Å²) in [4.78, 5) is 4.16. The van der Waals surface area contributed by atoms with Crippen molar-refractivity contribution in [2.24, 2.45) is 5.11 Å². The summed E-state index contributed by atoms with van der Waals surface area (Å²) in [6, 6.07) is 25.5. The molecule has 0 radical (unpaired) electrons. The zero-order chi connectivity index (χ0) is 25.3. The van der Waals surface area contributed by atoms with Gasteiger partial charge in [-0.1, -0.05) is 77.0 Å². The summed E-state index contributed by atoms with van der Waals surface area (Å²) < 4.78 is 24.6.